The predicted molar refractivity (Wildman–Crippen MR) is 71.3 cm³/mol. The number of benzene rings is 1. The van der Waals surface area contributed by atoms with Crippen LogP contribution in [0.4, 0.5) is 0 Å². The first kappa shape index (κ1) is 14.5. The molecule has 1 aromatic rings. The van der Waals surface area contributed by atoms with Gasteiger partial charge >= 0.3 is 5.97 Å². The van der Waals surface area contributed by atoms with E-state index in [-0.39, 0.29) is 12.5 Å². The van der Waals surface area contributed by atoms with Crippen molar-refractivity contribution in [1.82, 2.24) is 0 Å². The second kappa shape index (κ2) is 5.87. The minimum atomic E-state index is -0.888. The molecule has 0 spiro atoms. The van der Waals surface area contributed by atoms with Gasteiger partial charge in [-0.25, -0.2) is 0 Å². The quantitative estimate of drug-likeness (QED) is 0.842. The molecule has 0 saturated carbocycles. The van der Waals surface area contributed by atoms with Crippen molar-refractivity contribution < 1.29 is 14.6 Å². The van der Waals surface area contributed by atoms with Crippen LogP contribution in [0.2, 0.25) is 0 Å². The van der Waals surface area contributed by atoms with E-state index in [1.54, 1.807) is 7.11 Å². The van der Waals surface area contributed by atoms with Crippen LogP contribution in [0.15, 0.2) is 12.1 Å². The second-order valence-corrected chi connectivity index (χ2v) is 4.73. The first-order chi connectivity index (χ1) is 8.42. The minimum absolute atomic E-state index is 0.0973. The Morgan fingerprint density at radius 3 is 2.39 bits per heavy atom. The van der Waals surface area contributed by atoms with Crippen molar-refractivity contribution in [2.24, 2.45) is 5.73 Å². The number of carbonyl (C=O) groups is 1. The summed E-state index contributed by atoms with van der Waals surface area (Å²) in [5.74, 6) is -0.479. The summed E-state index contributed by atoms with van der Waals surface area (Å²) >= 11 is 0. The molecular weight excluding hydrogens is 230 g/mol. The van der Waals surface area contributed by atoms with Gasteiger partial charge in [-0.3, -0.25) is 4.79 Å². The molecule has 0 bridgehead atoms. The maximum absolute atomic E-state index is 11.2. The van der Waals surface area contributed by atoms with Crippen LogP contribution in [0.5, 0.6) is 5.75 Å². The zero-order valence-corrected chi connectivity index (χ0v) is 11.4. The Morgan fingerprint density at radius 2 is 2.00 bits per heavy atom. The third kappa shape index (κ3) is 2.82. The summed E-state index contributed by atoms with van der Waals surface area (Å²) in [6, 6.07) is 3.79. The standard InChI is InChI=1S/C14H21NO3/c1-8(2)10-6-11(12(7-15)14(16)17)9(3)5-13(10)18-4/h5-6,8,12H,7,15H2,1-4H3,(H,16,17). The molecule has 0 aliphatic rings. The van der Waals surface area contributed by atoms with Crippen LogP contribution in [0.3, 0.4) is 0 Å². The van der Waals surface area contributed by atoms with Crippen molar-refractivity contribution in [3.8, 4) is 5.75 Å². The molecule has 4 nitrogen and oxygen atoms in total. The second-order valence-electron chi connectivity index (χ2n) is 4.73. The lowest BCUT2D eigenvalue weighted by Crippen LogP contribution is -2.22. The van der Waals surface area contributed by atoms with Gasteiger partial charge in [-0.15, -0.1) is 0 Å². The van der Waals surface area contributed by atoms with Gasteiger partial charge in [0.05, 0.1) is 13.0 Å². The predicted octanol–water partition coefficient (Wildman–Crippen LogP) is 2.25. The van der Waals surface area contributed by atoms with Gasteiger partial charge in [0.25, 0.3) is 0 Å². The Balaban J connectivity index is 3.37. The van der Waals surface area contributed by atoms with Crippen molar-refractivity contribution in [2.45, 2.75) is 32.6 Å². The van der Waals surface area contributed by atoms with Gasteiger partial charge in [0.15, 0.2) is 0 Å². The van der Waals surface area contributed by atoms with Crippen LogP contribution < -0.4 is 10.5 Å². The Kier molecular flexibility index (Phi) is 4.73. The van der Waals surface area contributed by atoms with Gasteiger partial charge < -0.3 is 15.6 Å². The maximum Gasteiger partial charge on any atom is 0.312 e. The molecule has 1 rings (SSSR count). The monoisotopic (exact) mass is 251 g/mol. The van der Waals surface area contributed by atoms with Crippen molar-refractivity contribution in [3.05, 3.63) is 28.8 Å². The number of rotatable bonds is 5. The van der Waals surface area contributed by atoms with Crippen LogP contribution in [0.1, 0.15) is 42.4 Å². The zero-order valence-electron chi connectivity index (χ0n) is 11.4. The van der Waals surface area contributed by atoms with Crippen LogP contribution in [0, 0.1) is 6.92 Å². The molecular formula is C14H21NO3. The fraction of sp³-hybridized carbons (Fsp3) is 0.500. The number of hydrogen-bond acceptors (Lipinski definition) is 3. The van der Waals surface area contributed by atoms with Crippen molar-refractivity contribution in [2.75, 3.05) is 13.7 Å². The van der Waals surface area contributed by atoms with Crippen LogP contribution in [0.25, 0.3) is 0 Å². The Bertz CT molecular complexity index is 441. The fourth-order valence-corrected chi connectivity index (χ4v) is 2.08. The summed E-state index contributed by atoms with van der Waals surface area (Å²) in [5, 5.41) is 9.20. The number of methoxy groups -OCH3 is 1. The summed E-state index contributed by atoms with van der Waals surface area (Å²) in [7, 11) is 1.62. The van der Waals surface area contributed by atoms with Gasteiger partial charge in [-0.05, 0) is 35.6 Å². The van der Waals surface area contributed by atoms with E-state index in [0.29, 0.717) is 0 Å². The van der Waals surface area contributed by atoms with Gasteiger partial charge in [0.1, 0.15) is 5.75 Å². The normalized spacial score (nSPS) is 12.6. The highest BCUT2D eigenvalue weighted by Gasteiger charge is 2.22. The lowest BCUT2D eigenvalue weighted by molar-refractivity contribution is -0.138. The number of hydrogen-bond donors (Lipinski definition) is 2. The lowest BCUT2D eigenvalue weighted by atomic mass is 9.89. The number of nitrogens with two attached hydrogens (primary N) is 1. The van der Waals surface area contributed by atoms with E-state index in [2.05, 4.69) is 13.8 Å². The molecule has 18 heavy (non-hydrogen) atoms. The molecule has 0 heterocycles. The van der Waals surface area contributed by atoms with Gasteiger partial charge in [-0.2, -0.15) is 0 Å². The molecule has 0 aliphatic heterocycles. The summed E-state index contributed by atoms with van der Waals surface area (Å²) in [6.45, 7) is 6.08. The van der Waals surface area contributed by atoms with E-state index in [4.69, 9.17) is 10.5 Å². The van der Waals surface area contributed by atoms with E-state index >= 15 is 0 Å². The minimum Gasteiger partial charge on any atom is -0.496 e. The Morgan fingerprint density at radius 1 is 1.39 bits per heavy atom. The third-order valence-corrected chi connectivity index (χ3v) is 3.15. The molecule has 0 amide bonds. The fourth-order valence-electron chi connectivity index (χ4n) is 2.08. The average Bonchev–Trinajstić information content (AvgIpc) is 2.30. The van der Waals surface area contributed by atoms with Gasteiger partial charge in [0.2, 0.25) is 0 Å². The molecule has 0 saturated heterocycles. The van der Waals surface area contributed by atoms with E-state index in [0.717, 1.165) is 22.4 Å². The largest absolute Gasteiger partial charge is 0.496 e. The molecule has 0 radical (unpaired) electrons. The summed E-state index contributed by atoms with van der Waals surface area (Å²) in [5.41, 5.74) is 8.24. The highest BCUT2D eigenvalue weighted by atomic mass is 16.5. The SMILES string of the molecule is COc1cc(C)c(C(CN)C(=O)O)cc1C(C)C. The number of carboxylic acids is 1. The van der Waals surface area contributed by atoms with Crippen molar-refractivity contribution in [3.63, 3.8) is 0 Å². The molecule has 0 fully saturated rings. The molecule has 0 aliphatic carbocycles. The number of aryl methyl sites for hydroxylation is 1. The molecule has 1 unspecified atom stereocenters. The molecule has 100 valence electrons. The molecule has 0 aromatic heterocycles. The Labute approximate surface area is 108 Å². The van der Waals surface area contributed by atoms with Crippen molar-refractivity contribution in [1.29, 1.82) is 0 Å². The highest BCUT2D eigenvalue weighted by molar-refractivity contribution is 5.77. The highest BCUT2D eigenvalue weighted by Crippen LogP contribution is 2.32. The summed E-state index contributed by atoms with van der Waals surface area (Å²) < 4.78 is 5.34. The zero-order chi connectivity index (χ0) is 13.9. The first-order valence-corrected chi connectivity index (χ1v) is 6.03. The van der Waals surface area contributed by atoms with E-state index in [1.807, 2.05) is 19.1 Å². The van der Waals surface area contributed by atoms with Crippen LogP contribution in [-0.4, -0.2) is 24.7 Å². The third-order valence-electron chi connectivity index (χ3n) is 3.15. The smallest absolute Gasteiger partial charge is 0.312 e. The molecule has 1 atom stereocenters. The van der Waals surface area contributed by atoms with E-state index < -0.39 is 11.9 Å². The summed E-state index contributed by atoms with van der Waals surface area (Å²) in [4.78, 5) is 11.2. The first-order valence-electron chi connectivity index (χ1n) is 6.03. The van der Waals surface area contributed by atoms with Gasteiger partial charge in [0, 0.05) is 6.54 Å². The number of carboxylic acid groups (broad SMARTS) is 1. The summed E-state index contributed by atoms with van der Waals surface area (Å²) in [6.07, 6.45) is 0. The number of ether oxygens (including phenoxy) is 1. The topological polar surface area (TPSA) is 72.5 Å². The lowest BCUT2D eigenvalue weighted by Gasteiger charge is -2.19. The van der Waals surface area contributed by atoms with Crippen LogP contribution in [-0.2, 0) is 4.79 Å². The Hall–Kier alpha value is -1.55. The van der Waals surface area contributed by atoms with E-state index in [1.165, 1.54) is 0 Å². The number of aliphatic carboxylic acids is 1. The maximum atomic E-state index is 11.2. The molecule has 4 heteroatoms. The van der Waals surface area contributed by atoms with Crippen molar-refractivity contribution >= 4 is 5.97 Å². The molecule has 1 aromatic carbocycles. The van der Waals surface area contributed by atoms with Gasteiger partial charge in [-0.1, -0.05) is 19.9 Å². The van der Waals surface area contributed by atoms with E-state index in [9.17, 15) is 9.90 Å². The average molecular weight is 251 g/mol. The molecule has 3 N–H and O–H groups in total. The van der Waals surface area contributed by atoms with Crippen LogP contribution >= 0.6 is 0 Å².